The second kappa shape index (κ2) is 9.70. The Labute approximate surface area is 174 Å². The van der Waals surface area contributed by atoms with Crippen molar-refractivity contribution >= 4 is 17.6 Å². The van der Waals surface area contributed by atoms with Gasteiger partial charge in [-0.1, -0.05) is 32.8 Å². The van der Waals surface area contributed by atoms with Gasteiger partial charge in [-0.15, -0.1) is 0 Å². The average molecular weight is 401 g/mol. The van der Waals surface area contributed by atoms with Crippen molar-refractivity contribution in [2.45, 2.75) is 71.9 Å². The lowest BCUT2D eigenvalue weighted by Gasteiger charge is -2.38. The van der Waals surface area contributed by atoms with Crippen molar-refractivity contribution < 1.29 is 9.59 Å². The maximum absolute atomic E-state index is 12.8. The lowest BCUT2D eigenvalue weighted by Crippen LogP contribution is -2.53. The van der Waals surface area contributed by atoms with Crippen LogP contribution in [-0.4, -0.2) is 46.9 Å². The number of carbonyl (C=O) groups excluding carboxylic acids is 2. The molecule has 4 unspecified atom stereocenters. The van der Waals surface area contributed by atoms with Gasteiger partial charge in [0.1, 0.15) is 5.82 Å². The van der Waals surface area contributed by atoms with Gasteiger partial charge in [0.15, 0.2) is 0 Å². The number of pyridine rings is 1. The fourth-order valence-corrected chi connectivity index (χ4v) is 4.57. The number of likely N-dealkylation sites (tertiary alicyclic amines) is 1. The second-order valence-electron chi connectivity index (χ2n) is 9.08. The summed E-state index contributed by atoms with van der Waals surface area (Å²) in [7, 11) is 0. The first-order valence-electron chi connectivity index (χ1n) is 11.1. The van der Waals surface area contributed by atoms with Crippen LogP contribution in [0.1, 0.15) is 58.4 Å². The fourth-order valence-electron chi connectivity index (χ4n) is 4.57. The van der Waals surface area contributed by atoms with Crippen molar-refractivity contribution in [3.63, 3.8) is 0 Å². The Hall–Kier alpha value is -1.95. The Kier molecular flexibility index (Phi) is 7.28. The largest absolute Gasteiger partial charge is 0.352 e. The molecule has 0 spiro atoms. The molecule has 1 aromatic rings. The number of piperidine rings is 1. The molecular weight excluding hydrogens is 364 g/mol. The van der Waals surface area contributed by atoms with Crippen molar-refractivity contribution in [2.24, 2.45) is 17.8 Å². The van der Waals surface area contributed by atoms with Crippen molar-refractivity contribution in [3.8, 4) is 0 Å². The fraction of sp³-hybridized carbons (Fsp3) is 0.696. The number of rotatable bonds is 5. The Morgan fingerprint density at radius 3 is 2.52 bits per heavy atom. The van der Waals surface area contributed by atoms with E-state index in [2.05, 4.69) is 34.4 Å². The van der Waals surface area contributed by atoms with Gasteiger partial charge in [-0.3, -0.25) is 14.5 Å². The van der Waals surface area contributed by atoms with Gasteiger partial charge in [0.2, 0.25) is 11.8 Å². The summed E-state index contributed by atoms with van der Waals surface area (Å²) in [5.41, 5.74) is 1.07. The SMILES string of the molecule is Cc1ccc(NC(=O)C2CCN(C(C)C(=O)NC3CCCC(C)C3C)CC2)nc1. The molecule has 0 radical (unpaired) electrons. The van der Waals surface area contributed by atoms with Crippen LogP contribution in [0.2, 0.25) is 0 Å². The number of carbonyl (C=O) groups is 2. The summed E-state index contributed by atoms with van der Waals surface area (Å²) in [6.07, 6.45) is 6.84. The van der Waals surface area contributed by atoms with E-state index in [1.165, 1.54) is 12.8 Å². The quantitative estimate of drug-likeness (QED) is 0.795. The van der Waals surface area contributed by atoms with Gasteiger partial charge < -0.3 is 10.6 Å². The molecule has 2 fully saturated rings. The minimum Gasteiger partial charge on any atom is -0.352 e. The first-order chi connectivity index (χ1) is 13.8. The number of nitrogens with zero attached hydrogens (tertiary/aromatic N) is 2. The Morgan fingerprint density at radius 2 is 1.86 bits per heavy atom. The van der Waals surface area contributed by atoms with E-state index in [0.29, 0.717) is 23.7 Å². The van der Waals surface area contributed by atoms with Gasteiger partial charge in [-0.05, 0) is 69.7 Å². The van der Waals surface area contributed by atoms with Crippen LogP contribution in [0.3, 0.4) is 0 Å². The lowest BCUT2D eigenvalue weighted by molar-refractivity contribution is -0.128. The van der Waals surface area contributed by atoms with Gasteiger partial charge in [-0.2, -0.15) is 0 Å². The molecule has 1 saturated heterocycles. The molecule has 1 aromatic heterocycles. The number of hydrogen-bond acceptors (Lipinski definition) is 4. The summed E-state index contributed by atoms with van der Waals surface area (Å²) in [5, 5.41) is 6.22. The van der Waals surface area contributed by atoms with Crippen LogP contribution in [0.25, 0.3) is 0 Å². The molecule has 0 aromatic carbocycles. The van der Waals surface area contributed by atoms with E-state index in [1.807, 2.05) is 26.0 Å². The third kappa shape index (κ3) is 5.56. The number of amides is 2. The summed E-state index contributed by atoms with van der Waals surface area (Å²) in [6.45, 7) is 10.0. The molecule has 1 saturated carbocycles. The predicted octanol–water partition coefficient (Wildman–Crippen LogP) is 3.37. The van der Waals surface area contributed by atoms with Gasteiger partial charge in [-0.25, -0.2) is 4.98 Å². The zero-order valence-corrected chi connectivity index (χ0v) is 18.3. The van der Waals surface area contributed by atoms with E-state index < -0.39 is 0 Å². The van der Waals surface area contributed by atoms with Crippen LogP contribution < -0.4 is 10.6 Å². The Morgan fingerprint density at radius 1 is 1.14 bits per heavy atom. The number of aromatic nitrogens is 1. The van der Waals surface area contributed by atoms with Crippen LogP contribution in [0.4, 0.5) is 5.82 Å². The van der Waals surface area contributed by atoms with Crippen LogP contribution in [-0.2, 0) is 9.59 Å². The zero-order chi connectivity index (χ0) is 21.0. The molecule has 2 N–H and O–H groups in total. The molecule has 160 valence electrons. The van der Waals surface area contributed by atoms with Gasteiger partial charge in [0, 0.05) is 18.2 Å². The zero-order valence-electron chi connectivity index (χ0n) is 18.3. The molecule has 0 bridgehead atoms. The number of anilines is 1. The molecule has 2 amide bonds. The standard InChI is InChI=1S/C23H36N4O2/c1-15-8-9-21(24-14-15)26-23(29)19-10-12-27(13-11-19)18(4)22(28)25-20-7-5-6-16(2)17(20)3/h8-9,14,16-20H,5-7,10-13H2,1-4H3,(H,25,28)(H,24,26,29). The molecule has 29 heavy (non-hydrogen) atoms. The smallest absolute Gasteiger partial charge is 0.237 e. The average Bonchev–Trinajstić information content (AvgIpc) is 2.72. The normalized spacial score (nSPS) is 27.2. The maximum Gasteiger partial charge on any atom is 0.237 e. The number of aryl methyl sites for hydroxylation is 1. The van der Waals surface area contributed by atoms with E-state index in [9.17, 15) is 9.59 Å². The topological polar surface area (TPSA) is 74.3 Å². The molecule has 6 nitrogen and oxygen atoms in total. The third-order valence-corrected chi connectivity index (χ3v) is 7.02. The van der Waals surface area contributed by atoms with E-state index in [1.54, 1.807) is 6.20 Å². The highest BCUT2D eigenvalue weighted by atomic mass is 16.2. The minimum atomic E-state index is -0.151. The first kappa shape index (κ1) is 21.8. The molecule has 2 aliphatic rings. The first-order valence-corrected chi connectivity index (χ1v) is 11.1. The highest BCUT2D eigenvalue weighted by Gasteiger charge is 2.33. The van der Waals surface area contributed by atoms with Crippen LogP contribution in [0.15, 0.2) is 18.3 Å². The minimum absolute atomic E-state index is 0.0242. The highest BCUT2D eigenvalue weighted by Crippen LogP contribution is 2.29. The van der Waals surface area contributed by atoms with Crippen molar-refractivity contribution in [1.29, 1.82) is 0 Å². The van der Waals surface area contributed by atoms with Crippen LogP contribution in [0.5, 0.6) is 0 Å². The molecule has 1 aliphatic heterocycles. The summed E-state index contributed by atoms with van der Waals surface area (Å²) < 4.78 is 0. The lowest BCUT2D eigenvalue weighted by atomic mass is 9.78. The maximum atomic E-state index is 12.8. The monoisotopic (exact) mass is 400 g/mol. The summed E-state index contributed by atoms with van der Waals surface area (Å²) in [6, 6.07) is 3.92. The Bertz CT molecular complexity index is 697. The van der Waals surface area contributed by atoms with E-state index >= 15 is 0 Å². The van der Waals surface area contributed by atoms with E-state index in [-0.39, 0.29) is 23.8 Å². The number of nitrogens with one attached hydrogen (secondary N) is 2. The van der Waals surface area contributed by atoms with Gasteiger partial charge in [0.25, 0.3) is 0 Å². The summed E-state index contributed by atoms with van der Waals surface area (Å²) in [4.78, 5) is 31.8. The molecule has 2 heterocycles. The molecule has 4 atom stereocenters. The summed E-state index contributed by atoms with van der Waals surface area (Å²) >= 11 is 0. The number of hydrogen-bond donors (Lipinski definition) is 2. The second-order valence-corrected chi connectivity index (χ2v) is 9.08. The summed E-state index contributed by atoms with van der Waals surface area (Å²) in [5.74, 6) is 1.94. The molecule has 3 rings (SSSR count). The van der Waals surface area contributed by atoms with Gasteiger partial charge in [0.05, 0.1) is 6.04 Å². The van der Waals surface area contributed by atoms with Crippen molar-refractivity contribution in [1.82, 2.24) is 15.2 Å². The van der Waals surface area contributed by atoms with E-state index in [4.69, 9.17) is 0 Å². The van der Waals surface area contributed by atoms with E-state index in [0.717, 1.165) is 37.9 Å². The van der Waals surface area contributed by atoms with Crippen molar-refractivity contribution in [3.05, 3.63) is 23.9 Å². The van der Waals surface area contributed by atoms with Gasteiger partial charge >= 0.3 is 0 Å². The molecular formula is C23H36N4O2. The van der Waals surface area contributed by atoms with Crippen LogP contribution >= 0.6 is 0 Å². The molecule has 1 aliphatic carbocycles. The predicted molar refractivity (Wildman–Crippen MR) is 115 cm³/mol. The van der Waals surface area contributed by atoms with Crippen LogP contribution in [0, 0.1) is 24.7 Å². The molecule has 6 heteroatoms. The highest BCUT2D eigenvalue weighted by molar-refractivity contribution is 5.91. The Balaban J connectivity index is 1.46. The third-order valence-electron chi connectivity index (χ3n) is 7.02. The van der Waals surface area contributed by atoms with Crippen molar-refractivity contribution in [2.75, 3.05) is 18.4 Å².